The van der Waals surface area contributed by atoms with E-state index in [1.165, 1.54) is 39.8 Å². The first kappa shape index (κ1) is 24.0. The molecule has 36 heavy (non-hydrogen) atoms. The number of carbonyl (C=O) groups is 1. The van der Waals surface area contributed by atoms with Crippen LogP contribution in [0.25, 0.3) is 10.9 Å². The van der Waals surface area contributed by atoms with Crippen LogP contribution in [0.2, 0.25) is 0 Å². The number of nitrogens with one attached hydrogen (secondary N) is 2. The number of hydrogen-bond donors (Lipinski definition) is 2. The van der Waals surface area contributed by atoms with Crippen molar-refractivity contribution in [3.63, 3.8) is 0 Å². The van der Waals surface area contributed by atoms with E-state index < -0.39 is 0 Å². The molecule has 0 bridgehead atoms. The van der Waals surface area contributed by atoms with Crippen LogP contribution in [0.4, 0.5) is 4.39 Å². The van der Waals surface area contributed by atoms with Gasteiger partial charge in [0.2, 0.25) is 5.89 Å². The van der Waals surface area contributed by atoms with E-state index in [1.54, 1.807) is 23.5 Å². The van der Waals surface area contributed by atoms with Crippen molar-refractivity contribution in [2.75, 3.05) is 6.54 Å². The molecule has 1 amide bonds. The highest BCUT2D eigenvalue weighted by Gasteiger charge is 2.17. The number of aromatic amines is 1. The fourth-order valence-corrected chi connectivity index (χ4v) is 5.10. The number of benzene rings is 2. The summed E-state index contributed by atoms with van der Waals surface area (Å²) in [6.45, 7) is 4.49. The number of thiophene rings is 1. The molecule has 3 aromatic heterocycles. The van der Waals surface area contributed by atoms with Crippen LogP contribution in [-0.4, -0.2) is 27.3 Å². The molecule has 3 heterocycles. The number of fused-ring (bicyclic) bond motifs is 1. The van der Waals surface area contributed by atoms with E-state index in [1.807, 2.05) is 6.07 Å². The minimum Gasteiger partial charge on any atom is -0.447 e. The molecule has 0 aliphatic heterocycles. The molecule has 0 aliphatic carbocycles. The standard InChI is InChI=1S/C28H27FN4O2S/c1-19-11-13-36-26(19)16-33(12-10-21-15-30-24-5-3-2-4-23(21)24)17-27-32-25(18-35-27)28(34)31-14-20-6-8-22(29)9-7-20/h2-9,11,13,15,18,30H,10,12,14,16-17H2,1H3,(H,31,34). The molecule has 0 radical (unpaired) electrons. The fourth-order valence-electron chi connectivity index (χ4n) is 4.15. The van der Waals surface area contributed by atoms with Crippen molar-refractivity contribution >= 4 is 28.1 Å². The molecular weight excluding hydrogens is 475 g/mol. The Labute approximate surface area is 212 Å². The Morgan fingerprint density at radius 3 is 2.78 bits per heavy atom. The normalized spacial score (nSPS) is 11.4. The molecule has 0 saturated heterocycles. The van der Waals surface area contributed by atoms with Crippen LogP contribution in [0.1, 0.15) is 37.9 Å². The second-order valence-corrected chi connectivity index (χ2v) is 9.78. The number of amides is 1. The molecule has 0 unspecified atom stereocenters. The Morgan fingerprint density at radius 2 is 1.97 bits per heavy atom. The van der Waals surface area contributed by atoms with Gasteiger partial charge in [-0.05, 0) is 59.7 Å². The van der Waals surface area contributed by atoms with Gasteiger partial charge in [0.25, 0.3) is 5.91 Å². The summed E-state index contributed by atoms with van der Waals surface area (Å²) in [6.07, 6.45) is 4.34. The molecule has 8 heteroatoms. The van der Waals surface area contributed by atoms with Gasteiger partial charge in [0.05, 0.1) is 6.54 Å². The van der Waals surface area contributed by atoms with Gasteiger partial charge >= 0.3 is 0 Å². The number of rotatable bonds is 10. The van der Waals surface area contributed by atoms with Crippen molar-refractivity contribution in [1.29, 1.82) is 0 Å². The van der Waals surface area contributed by atoms with Crippen LogP contribution in [0.3, 0.4) is 0 Å². The summed E-state index contributed by atoms with van der Waals surface area (Å²) >= 11 is 1.74. The molecule has 184 valence electrons. The highest BCUT2D eigenvalue weighted by molar-refractivity contribution is 7.10. The lowest BCUT2D eigenvalue weighted by Crippen LogP contribution is -2.26. The Kier molecular flexibility index (Phi) is 7.25. The first-order valence-electron chi connectivity index (χ1n) is 11.8. The summed E-state index contributed by atoms with van der Waals surface area (Å²) in [5, 5.41) is 6.15. The van der Waals surface area contributed by atoms with E-state index in [0.29, 0.717) is 12.4 Å². The minimum absolute atomic E-state index is 0.232. The van der Waals surface area contributed by atoms with Gasteiger partial charge in [-0.1, -0.05) is 30.3 Å². The number of nitrogens with zero attached hydrogens (tertiary/aromatic N) is 2. The molecule has 2 aromatic carbocycles. The van der Waals surface area contributed by atoms with E-state index in [2.05, 4.69) is 63.0 Å². The van der Waals surface area contributed by atoms with Gasteiger partial charge in [-0.25, -0.2) is 9.37 Å². The molecule has 0 atom stereocenters. The lowest BCUT2D eigenvalue weighted by atomic mass is 10.1. The van der Waals surface area contributed by atoms with Crippen molar-refractivity contribution in [2.24, 2.45) is 0 Å². The smallest absolute Gasteiger partial charge is 0.273 e. The average Bonchev–Trinajstić information content (AvgIpc) is 3.63. The molecule has 2 N–H and O–H groups in total. The number of para-hydroxylation sites is 1. The second-order valence-electron chi connectivity index (χ2n) is 8.78. The van der Waals surface area contributed by atoms with Crippen LogP contribution in [-0.2, 0) is 26.1 Å². The van der Waals surface area contributed by atoms with E-state index in [0.717, 1.165) is 30.6 Å². The molecule has 0 spiro atoms. The minimum atomic E-state index is -0.325. The van der Waals surface area contributed by atoms with Crippen molar-refractivity contribution in [2.45, 2.75) is 33.0 Å². The molecule has 6 nitrogen and oxygen atoms in total. The number of hydrogen-bond acceptors (Lipinski definition) is 5. The zero-order valence-corrected chi connectivity index (χ0v) is 20.8. The summed E-state index contributed by atoms with van der Waals surface area (Å²) in [6, 6.07) is 16.5. The number of aryl methyl sites for hydroxylation is 1. The van der Waals surface area contributed by atoms with E-state index in [4.69, 9.17) is 4.42 Å². The third-order valence-corrected chi connectivity index (χ3v) is 7.23. The molecule has 0 aliphatic rings. The highest BCUT2D eigenvalue weighted by atomic mass is 32.1. The largest absolute Gasteiger partial charge is 0.447 e. The van der Waals surface area contributed by atoms with Gasteiger partial charge < -0.3 is 14.7 Å². The first-order valence-corrected chi connectivity index (χ1v) is 12.7. The maximum atomic E-state index is 13.1. The molecule has 0 fully saturated rings. The topological polar surface area (TPSA) is 74.2 Å². The summed E-state index contributed by atoms with van der Waals surface area (Å²) in [5.41, 5.74) is 4.72. The zero-order chi connectivity index (χ0) is 24.9. The first-order chi connectivity index (χ1) is 17.5. The van der Waals surface area contributed by atoms with Gasteiger partial charge in [0.15, 0.2) is 5.69 Å². The van der Waals surface area contributed by atoms with Crippen LogP contribution in [0.5, 0.6) is 0 Å². The summed E-state index contributed by atoms with van der Waals surface area (Å²) < 4.78 is 18.8. The van der Waals surface area contributed by atoms with Gasteiger partial charge in [0.1, 0.15) is 12.1 Å². The summed E-state index contributed by atoms with van der Waals surface area (Å²) in [4.78, 5) is 24.0. The van der Waals surface area contributed by atoms with E-state index in [9.17, 15) is 9.18 Å². The summed E-state index contributed by atoms with van der Waals surface area (Å²) in [7, 11) is 0. The molecule has 5 rings (SSSR count). The number of carbonyl (C=O) groups excluding carboxylic acids is 1. The SMILES string of the molecule is Cc1ccsc1CN(CCc1c[nH]c2ccccc12)Cc1nc(C(=O)NCc2ccc(F)cc2)co1. The van der Waals surface area contributed by atoms with Crippen molar-refractivity contribution < 1.29 is 13.6 Å². The third-order valence-electron chi connectivity index (χ3n) is 6.22. The predicted octanol–water partition coefficient (Wildman–Crippen LogP) is 5.84. The van der Waals surface area contributed by atoms with Crippen molar-refractivity contribution in [1.82, 2.24) is 20.2 Å². The van der Waals surface area contributed by atoms with Crippen LogP contribution < -0.4 is 5.32 Å². The Balaban J connectivity index is 1.25. The van der Waals surface area contributed by atoms with Crippen LogP contribution in [0.15, 0.2) is 76.9 Å². The molecule has 5 aromatic rings. The lowest BCUT2D eigenvalue weighted by molar-refractivity contribution is 0.0945. The molecular formula is C28H27FN4O2S. The maximum Gasteiger partial charge on any atom is 0.273 e. The average molecular weight is 503 g/mol. The maximum absolute atomic E-state index is 13.1. The second kappa shape index (κ2) is 10.9. The highest BCUT2D eigenvalue weighted by Crippen LogP contribution is 2.22. The van der Waals surface area contributed by atoms with Gasteiger partial charge in [0, 0.05) is 41.6 Å². The van der Waals surface area contributed by atoms with Gasteiger partial charge in [-0.3, -0.25) is 9.69 Å². The van der Waals surface area contributed by atoms with E-state index in [-0.39, 0.29) is 24.0 Å². The zero-order valence-electron chi connectivity index (χ0n) is 20.0. The number of halogens is 1. The number of aromatic nitrogens is 2. The molecule has 0 saturated carbocycles. The van der Waals surface area contributed by atoms with Gasteiger partial charge in [-0.15, -0.1) is 11.3 Å². The fraction of sp³-hybridized carbons (Fsp3) is 0.214. The lowest BCUT2D eigenvalue weighted by Gasteiger charge is -2.20. The predicted molar refractivity (Wildman–Crippen MR) is 139 cm³/mol. The van der Waals surface area contributed by atoms with Crippen LogP contribution in [0, 0.1) is 12.7 Å². The van der Waals surface area contributed by atoms with Gasteiger partial charge in [-0.2, -0.15) is 0 Å². The van der Waals surface area contributed by atoms with Crippen LogP contribution >= 0.6 is 11.3 Å². The van der Waals surface area contributed by atoms with Crippen molar-refractivity contribution in [3.05, 3.63) is 111 Å². The number of H-pyrrole nitrogens is 1. The van der Waals surface area contributed by atoms with Crippen molar-refractivity contribution in [3.8, 4) is 0 Å². The quantitative estimate of drug-likeness (QED) is 0.252. The summed E-state index contributed by atoms with van der Waals surface area (Å²) in [5.74, 6) is -0.137. The Bertz CT molecular complexity index is 1450. The number of oxazole rings is 1. The Morgan fingerprint density at radius 1 is 1.14 bits per heavy atom. The van der Waals surface area contributed by atoms with E-state index >= 15 is 0 Å². The monoisotopic (exact) mass is 502 g/mol. The Hall–Kier alpha value is -3.75. The third kappa shape index (κ3) is 5.72.